The number of carboxylic acids is 1. The lowest BCUT2D eigenvalue weighted by atomic mass is 10.1. The van der Waals surface area contributed by atoms with E-state index < -0.39 is 29.3 Å². The molecule has 2 N–H and O–H groups in total. The minimum Gasteiger partial charge on any atom is -0.481 e. The van der Waals surface area contributed by atoms with Gasteiger partial charge in [0.25, 0.3) is 0 Å². The van der Waals surface area contributed by atoms with Crippen molar-refractivity contribution < 1.29 is 19.5 Å². The van der Waals surface area contributed by atoms with Gasteiger partial charge in [0.2, 0.25) is 11.8 Å². The highest BCUT2D eigenvalue weighted by molar-refractivity contribution is 5.95. The van der Waals surface area contributed by atoms with E-state index in [-0.39, 0.29) is 11.8 Å². The van der Waals surface area contributed by atoms with Crippen LogP contribution >= 0.6 is 0 Å². The molecular weight excluding hydrogens is 236 g/mol. The van der Waals surface area contributed by atoms with Gasteiger partial charge in [-0.2, -0.15) is 0 Å². The molecule has 0 spiro atoms. The molecule has 1 heterocycles. The summed E-state index contributed by atoms with van der Waals surface area (Å²) in [6, 6.07) is -0.517. The Morgan fingerprint density at radius 1 is 1.39 bits per heavy atom. The van der Waals surface area contributed by atoms with Gasteiger partial charge in [0, 0.05) is 13.1 Å². The fourth-order valence-corrected chi connectivity index (χ4v) is 2.82. The van der Waals surface area contributed by atoms with E-state index in [0.717, 1.165) is 0 Å². The van der Waals surface area contributed by atoms with E-state index in [1.165, 1.54) is 4.90 Å². The molecule has 2 rings (SSSR count). The van der Waals surface area contributed by atoms with Crippen LogP contribution in [0, 0.1) is 17.3 Å². The number of amides is 2. The van der Waals surface area contributed by atoms with Crippen LogP contribution in [0.3, 0.4) is 0 Å². The van der Waals surface area contributed by atoms with Gasteiger partial charge >= 0.3 is 5.97 Å². The predicted octanol–water partition coefficient (Wildman–Crippen LogP) is -0.310. The summed E-state index contributed by atoms with van der Waals surface area (Å²) < 4.78 is 0. The van der Waals surface area contributed by atoms with Gasteiger partial charge in [0.05, 0.1) is 11.8 Å². The largest absolute Gasteiger partial charge is 0.481 e. The average molecular weight is 254 g/mol. The van der Waals surface area contributed by atoms with Gasteiger partial charge in [-0.3, -0.25) is 14.4 Å². The van der Waals surface area contributed by atoms with E-state index in [0.29, 0.717) is 13.1 Å². The van der Waals surface area contributed by atoms with Crippen LogP contribution < -0.4 is 5.32 Å². The predicted molar refractivity (Wildman–Crippen MR) is 62.6 cm³/mol. The molecule has 1 unspecified atom stereocenters. The first-order chi connectivity index (χ1) is 8.28. The first-order valence-corrected chi connectivity index (χ1v) is 6.09. The van der Waals surface area contributed by atoms with Crippen molar-refractivity contribution >= 4 is 17.8 Å². The Kier molecular flexibility index (Phi) is 2.83. The van der Waals surface area contributed by atoms with Crippen molar-refractivity contribution in [1.29, 1.82) is 0 Å². The van der Waals surface area contributed by atoms with Gasteiger partial charge in [0.1, 0.15) is 6.04 Å². The summed E-state index contributed by atoms with van der Waals surface area (Å²) in [7, 11) is 0. The lowest BCUT2D eigenvalue weighted by Gasteiger charge is -2.33. The van der Waals surface area contributed by atoms with Gasteiger partial charge in [-0.15, -0.1) is 0 Å². The lowest BCUT2D eigenvalue weighted by Crippen LogP contribution is -2.56. The minimum absolute atomic E-state index is 0.181. The molecule has 2 aliphatic rings. The summed E-state index contributed by atoms with van der Waals surface area (Å²) >= 11 is 0. The van der Waals surface area contributed by atoms with E-state index in [1.807, 2.05) is 0 Å². The Morgan fingerprint density at radius 2 is 2.00 bits per heavy atom. The number of carbonyl (C=O) groups is 3. The van der Waals surface area contributed by atoms with Crippen LogP contribution in [-0.4, -0.2) is 46.9 Å². The Bertz CT molecular complexity index is 414. The van der Waals surface area contributed by atoms with Crippen LogP contribution in [0.25, 0.3) is 0 Å². The smallest absolute Gasteiger partial charge is 0.307 e. The first-order valence-electron chi connectivity index (χ1n) is 6.09. The van der Waals surface area contributed by atoms with Crippen LogP contribution in [0.1, 0.15) is 20.8 Å². The molecule has 1 aliphatic heterocycles. The zero-order chi connectivity index (χ0) is 13.7. The zero-order valence-corrected chi connectivity index (χ0v) is 10.8. The summed E-state index contributed by atoms with van der Waals surface area (Å²) in [5.41, 5.74) is -0.517. The summed E-state index contributed by atoms with van der Waals surface area (Å²) in [4.78, 5) is 36.4. The normalized spacial score (nSPS) is 33.8. The van der Waals surface area contributed by atoms with Crippen molar-refractivity contribution in [3.63, 3.8) is 0 Å². The molecule has 0 aromatic carbocycles. The second-order valence-corrected chi connectivity index (χ2v) is 5.61. The molecule has 1 saturated heterocycles. The van der Waals surface area contributed by atoms with Crippen molar-refractivity contribution in [1.82, 2.24) is 10.2 Å². The van der Waals surface area contributed by atoms with Gasteiger partial charge in [0.15, 0.2) is 0 Å². The molecule has 1 saturated carbocycles. The lowest BCUT2D eigenvalue weighted by molar-refractivity contribution is -0.146. The monoisotopic (exact) mass is 254 g/mol. The maximum atomic E-state index is 12.3. The second-order valence-electron chi connectivity index (χ2n) is 5.61. The first kappa shape index (κ1) is 12.9. The number of carbonyl (C=O) groups excluding carboxylic acids is 2. The molecule has 0 bridgehead atoms. The Labute approximate surface area is 105 Å². The Balaban J connectivity index is 2.13. The quantitative estimate of drug-likeness (QED) is 0.707. The molecule has 100 valence electrons. The fraction of sp³-hybridized carbons (Fsp3) is 0.750. The van der Waals surface area contributed by atoms with Crippen molar-refractivity contribution in [2.45, 2.75) is 26.8 Å². The highest BCUT2D eigenvalue weighted by atomic mass is 16.4. The van der Waals surface area contributed by atoms with Crippen LogP contribution in [0.2, 0.25) is 0 Å². The SMILES string of the molecule is CC1C(=O)NCCN1C(=O)[C@H]1[C@@H](C(=O)O)C1(C)C. The zero-order valence-electron chi connectivity index (χ0n) is 10.8. The third kappa shape index (κ3) is 1.76. The molecule has 0 aromatic rings. The topological polar surface area (TPSA) is 86.7 Å². The molecule has 6 heteroatoms. The van der Waals surface area contributed by atoms with Gasteiger partial charge in [-0.05, 0) is 12.3 Å². The minimum atomic E-state index is -0.938. The molecule has 1 aliphatic carbocycles. The highest BCUT2D eigenvalue weighted by Gasteiger charge is 2.67. The molecule has 18 heavy (non-hydrogen) atoms. The summed E-state index contributed by atoms with van der Waals surface area (Å²) in [5.74, 6) is -2.48. The molecule has 0 aromatic heterocycles. The van der Waals surface area contributed by atoms with Crippen molar-refractivity contribution in [3.05, 3.63) is 0 Å². The summed E-state index contributed by atoms with van der Waals surface area (Å²) in [5, 5.41) is 11.8. The average Bonchev–Trinajstić information content (AvgIpc) is 2.85. The van der Waals surface area contributed by atoms with Gasteiger partial charge in [-0.1, -0.05) is 13.8 Å². The van der Waals surface area contributed by atoms with Crippen LogP contribution in [0.5, 0.6) is 0 Å². The van der Waals surface area contributed by atoms with E-state index >= 15 is 0 Å². The Hall–Kier alpha value is -1.59. The third-order valence-electron chi connectivity index (χ3n) is 4.14. The van der Waals surface area contributed by atoms with Crippen LogP contribution in [0.15, 0.2) is 0 Å². The summed E-state index contributed by atoms with van der Waals surface area (Å²) in [6.07, 6.45) is 0. The maximum absolute atomic E-state index is 12.3. The van der Waals surface area contributed by atoms with Crippen LogP contribution in [0.4, 0.5) is 0 Å². The number of nitrogens with one attached hydrogen (secondary N) is 1. The van der Waals surface area contributed by atoms with Gasteiger partial charge in [-0.25, -0.2) is 0 Å². The molecular formula is C12H18N2O4. The number of carboxylic acid groups (broad SMARTS) is 1. The van der Waals surface area contributed by atoms with E-state index in [9.17, 15) is 14.4 Å². The second kappa shape index (κ2) is 3.96. The van der Waals surface area contributed by atoms with Crippen molar-refractivity contribution in [2.24, 2.45) is 17.3 Å². The molecule has 2 fully saturated rings. The number of piperazine rings is 1. The highest BCUT2D eigenvalue weighted by Crippen LogP contribution is 2.59. The fourth-order valence-electron chi connectivity index (χ4n) is 2.82. The van der Waals surface area contributed by atoms with E-state index in [1.54, 1.807) is 20.8 Å². The van der Waals surface area contributed by atoms with E-state index in [2.05, 4.69) is 5.32 Å². The standard InChI is InChI=1S/C12H18N2O4/c1-6-9(15)13-4-5-14(6)10(16)7-8(11(17)18)12(7,2)3/h6-8H,4-5H2,1-3H3,(H,13,15)(H,17,18)/t6?,7-,8+/m1/s1. The van der Waals surface area contributed by atoms with Crippen molar-refractivity contribution in [2.75, 3.05) is 13.1 Å². The molecule has 0 radical (unpaired) electrons. The molecule has 6 nitrogen and oxygen atoms in total. The third-order valence-corrected chi connectivity index (χ3v) is 4.14. The number of nitrogens with zero attached hydrogens (tertiary/aromatic N) is 1. The number of rotatable bonds is 2. The van der Waals surface area contributed by atoms with Crippen LogP contribution in [-0.2, 0) is 14.4 Å². The number of hydrogen-bond donors (Lipinski definition) is 2. The molecule has 3 atom stereocenters. The maximum Gasteiger partial charge on any atom is 0.307 e. The number of hydrogen-bond acceptors (Lipinski definition) is 3. The van der Waals surface area contributed by atoms with E-state index in [4.69, 9.17) is 5.11 Å². The Morgan fingerprint density at radius 3 is 2.50 bits per heavy atom. The summed E-state index contributed by atoms with van der Waals surface area (Å²) in [6.45, 7) is 6.11. The molecule has 2 amide bonds. The van der Waals surface area contributed by atoms with Crippen molar-refractivity contribution in [3.8, 4) is 0 Å². The van der Waals surface area contributed by atoms with Gasteiger partial charge < -0.3 is 15.3 Å². The number of aliphatic carboxylic acids is 1.